The molecule has 4 saturated heterocycles. The monoisotopic (exact) mass is 688 g/mol. The average Bonchev–Trinajstić information content (AvgIpc) is 3.94. The summed E-state index contributed by atoms with van der Waals surface area (Å²) in [4.78, 5) is 0. The van der Waals surface area contributed by atoms with Crippen LogP contribution in [0.5, 0.6) is 11.5 Å². The smallest absolute Gasteiger partial charge is 0.159 e. The fourth-order valence-electron chi connectivity index (χ4n) is 5.10. The van der Waals surface area contributed by atoms with E-state index in [0.717, 1.165) is 44.3 Å². The molecule has 12 heteroatoms. The highest BCUT2D eigenvalue weighted by atomic mass is 16.7. The van der Waals surface area contributed by atoms with Crippen LogP contribution in [-0.4, -0.2) is 136 Å². The Morgan fingerprint density at radius 3 is 1.49 bits per heavy atom. The topological polar surface area (TPSA) is 121 Å². The molecule has 4 heterocycles. The Morgan fingerprint density at radius 2 is 1.04 bits per heavy atom. The van der Waals surface area contributed by atoms with Crippen molar-refractivity contribution in [1.29, 1.82) is 0 Å². The number of rotatable bonds is 27. The second-order valence-corrected chi connectivity index (χ2v) is 13.3. The standard InChI is InChI=1S/C37H52O12/c1-37(2,27-3-7-29(8-4-27)43-20-31(46-23-34-25-48-34)17-38-13-14-39-18-33-22-45-33)28-5-9-30(10-6-28)44-21-32(47-24-35-26-49-35)19-40-15-16-42-36-11-12-41-36/h3-10,31-36H,11-26H2,1-2H3. The van der Waals surface area contributed by atoms with Crippen LogP contribution in [0.15, 0.2) is 48.5 Å². The lowest BCUT2D eigenvalue weighted by atomic mass is 9.78. The minimum absolute atomic E-state index is 0.0845. The highest BCUT2D eigenvalue weighted by Crippen LogP contribution is 2.33. The van der Waals surface area contributed by atoms with Gasteiger partial charge in [0.1, 0.15) is 55.2 Å². The lowest BCUT2D eigenvalue weighted by Crippen LogP contribution is -2.32. The summed E-state index contributed by atoms with van der Waals surface area (Å²) in [5, 5.41) is 0. The number of hydrogen-bond acceptors (Lipinski definition) is 12. The van der Waals surface area contributed by atoms with Crippen molar-refractivity contribution in [2.24, 2.45) is 0 Å². The van der Waals surface area contributed by atoms with Crippen LogP contribution in [0, 0.1) is 0 Å². The number of hydrogen-bond donors (Lipinski definition) is 0. The van der Waals surface area contributed by atoms with Gasteiger partial charge in [-0.15, -0.1) is 0 Å². The summed E-state index contributed by atoms with van der Waals surface area (Å²) < 4.78 is 68.0. The van der Waals surface area contributed by atoms with E-state index < -0.39 is 0 Å². The van der Waals surface area contributed by atoms with Crippen molar-refractivity contribution in [2.75, 3.05) is 99.1 Å². The van der Waals surface area contributed by atoms with Crippen LogP contribution >= 0.6 is 0 Å². The molecule has 2 aromatic carbocycles. The third kappa shape index (κ3) is 13.0. The zero-order valence-electron chi connectivity index (χ0n) is 28.8. The van der Waals surface area contributed by atoms with Gasteiger partial charge in [0.05, 0.1) is 85.9 Å². The van der Waals surface area contributed by atoms with Crippen LogP contribution < -0.4 is 9.47 Å². The largest absolute Gasteiger partial charge is 0.491 e. The SMILES string of the molecule is CC(C)(c1ccc(OCC(COCCOCC2CO2)OCC2CO2)cc1)c1ccc(OCC(COCCOC2CCO2)OCC2CO2)cc1. The molecule has 49 heavy (non-hydrogen) atoms. The van der Waals surface area contributed by atoms with Gasteiger partial charge >= 0.3 is 0 Å². The molecule has 4 aliphatic rings. The Kier molecular flexibility index (Phi) is 13.9. The maximum atomic E-state index is 6.11. The average molecular weight is 689 g/mol. The van der Waals surface area contributed by atoms with Crippen molar-refractivity contribution >= 4 is 0 Å². The third-order valence-electron chi connectivity index (χ3n) is 8.74. The predicted octanol–water partition coefficient (Wildman–Crippen LogP) is 3.55. The van der Waals surface area contributed by atoms with Gasteiger partial charge in [-0.05, 0) is 35.4 Å². The van der Waals surface area contributed by atoms with E-state index in [1.807, 2.05) is 24.3 Å². The van der Waals surface area contributed by atoms with Crippen molar-refractivity contribution in [1.82, 2.24) is 0 Å². The lowest BCUT2D eigenvalue weighted by molar-refractivity contribution is -0.219. The summed E-state index contributed by atoms with van der Waals surface area (Å²) in [5.41, 5.74) is 2.12. The molecule has 0 aliphatic carbocycles. The van der Waals surface area contributed by atoms with E-state index in [2.05, 4.69) is 38.1 Å². The maximum Gasteiger partial charge on any atom is 0.159 e. The Bertz CT molecular complexity index is 1210. The Labute approximate surface area is 289 Å². The van der Waals surface area contributed by atoms with Gasteiger partial charge in [0, 0.05) is 11.8 Å². The summed E-state index contributed by atoms with van der Waals surface area (Å²) in [7, 11) is 0. The summed E-state index contributed by atoms with van der Waals surface area (Å²) in [6.07, 6.45) is 1.04. The first-order valence-corrected chi connectivity index (χ1v) is 17.5. The summed E-state index contributed by atoms with van der Waals surface area (Å²) in [6.45, 7) is 12.7. The second kappa shape index (κ2) is 18.8. The van der Waals surface area contributed by atoms with Gasteiger partial charge < -0.3 is 56.8 Å². The van der Waals surface area contributed by atoms with E-state index in [1.54, 1.807) is 0 Å². The fourth-order valence-corrected chi connectivity index (χ4v) is 5.10. The molecule has 12 nitrogen and oxygen atoms in total. The second-order valence-electron chi connectivity index (χ2n) is 13.3. The molecule has 0 amide bonds. The number of benzene rings is 2. The van der Waals surface area contributed by atoms with Crippen molar-refractivity contribution in [3.05, 3.63) is 59.7 Å². The molecular formula is C37H52O12. The van der Waals surface area contributed by atoms with Crippen LogP contribution in [-0.2, 0) is 52.8 Å². The quantitative estimate of drug-likeness (QED) is 0.101. The molecule has 0 N–H and O–H groups in total. The molecule has 2 aromatic rings. The summed E-state index contributed by atoms with van der Waals surface area (Å²) in [5.74, 6) is 1.56. The molecule has 6 rings (SSSR count). The highest BCUT2D eigenvalue weighted by Gasteiger charge is 2.27. The first-order chi connectivity index (χ1) is 24.0. The first-order valence-electron chi connectivity index (χ1n) is 17.5. The Hall–Kier alpha value is -2.36. The fraction of sp³-hybridized carbons (Fsp3) is 0.676. The third-order valence-corrected chi connectivity index (χ3v) is 8.74. The highest BCUT2D eigenvalue weighted by molar-refractivity contribution is 5.41. The van der Waals surface area contributed by atoms with Gasteiger partial charge in [0.15, 0.2) is 6.29 Å². The van der Waals surface area contributed by atoms with E-state index in [9.17, 15) is 0 Å². The molecule has 0 radical (unpaired) electrons. The van der Waals surface area contributed by atoms with Gasteiger partial charge in [-0.1, -0.05) is 38.1 Å². The van der Waals surface area contributed by atoms with Crippen LogP contribution in [0.2, 0.25) is 0 Å². The van der Waals surface area contributed by atoms with E-state index in [4.69, 9.17) is 56.8 Å². The van der Waals surface area contributed by atoms with Gasteiger partial charge in [0.25, 0.3) is 0 Å². The minimum atomic E-state index is -0.231. The molecule has 4 aliphatic heterocycles. The van der Waals surface area contributed by atoms with Crippen molar-refractivity contribution in [2.45, 2.75) is 62.5 Å². The van der Waals surface area contributed by atoms with E-state index in [1.165, 1.54) is 11.1 Å². The summed E-state index contributed by atoms with van der Waals surface area (Å²) in [6, 6.07) is 16.5. The number of ether oxygens (including phenoxy) is 12. The van der Waals surface area contributed by atoms with Gasteiger partial charge in [-0.25, -0.2) is 0 Å². The molecule has 0 spiro atoms. The molecule has 272 valence electrons. The molecule has 0 aromatic heterocycles. The summed E-state index contributed by atoms with van der Waals surface area (Å²) >= 11 is 0. The van der Waals surface area contributed by atoms with Gasteiger partial charge in [-0.3, -0.25) is 0 Å². The van der Waals surface area contributed by atoms with E-state index in [-0.39, 0.29) is 42.2 Å². The van der Waals surface area contributed by atoms with Crippen molar-refractivity contribution < 1.29 is 56.8 Å². The van der Waals surface area contributed by atoms with Crippen LogP contribution in [0.3, 0.4) is 0 Å². The van der Waals surface area contributed by atoms with Crippen molar-refractivity contribution in [3.8, 4) is 11.5 Å². The zero-order chi connectivity index (χ0) is 33.7. The van der Waals surface area contributed by atoms with Crippen LogP contribution in [0.4, 0.5) is 0 Å². The number of epoxide rings is 3. The lowest BCUT2D eigenvalue weighted by Gasteiger charge is -2.27. The normalized spacial score (nSPS) is 23.8. The zero-order valence-corrected chi connectivity index (χ0v) is 28.8. The van der Waals surface area contributed by atoms with Crippen LogP contribution in [0.25, 0.3) is 0 Å². The van der Waals surface area contributed by atoms with Gasteiger partial charge in [0.2, 0.25) is 0 Å². The first kappa shape index (κ1) is 36.4. The molecule has 0 saturated carbocycles. The molecule has 6 atom stereocenters. The van der Waals surface area contributed by atoms with Crippen LogP contribution in [0.1, 0.15) is 31.4 Å². The van der Waals surface area contributed by atoms with Gasteiger partial charge in [-0.2, -0.15) is 0 Å². The minimum Gasteiger partial charge on any atom is -0.491 e. The Morgan fingerprint density at radius 1 is 0.592 bits per heavy atom. The molecular weight excluding hydrogens is 636 g/mol. The van der Waals surface area contributed by atoms with E-state index >= 15 is 0 Å². The molecule has 6 unspecified atom stereocenters. The molecule has 4 fully saturated rings. The maximum absolute atomic E-state index is 6.11. The van der Waals surface area contributed by atoms with Crippen molar-refractivity contribution in [3.63, 3.8) is 0 Å². The molecule has 0 bridgehead atoms. The Balaban J connectivity index is 0.927. The predicted molar refractivity (Wildman–Crippen MR) is 177 cm³/mol. The van der Waals surface area contributed by atoms with E-state index in [0.29, 0.717) is 72.7 Å².